The molecule has 0 unspecified atom stereocenters. The number of carbonyl (C=O) groups is 2. The second-order valence-corrected chi connectivity index (χ2v) is 7.59. The van der Waals surface area contributed by atoms with E-state index in [1.165, 1.54) is 23.5 Å². The highest BCUT2D eigenvalue weighted by Gasteiger charge is 2.13. The highest BCUT2D eigenvalue weighted by molar-refractivity contribution is 7.16. The number of thiophene rings is 1. The second kappa shape index (κ2) is 9.80. The number of halogens is 1. The summed E-state index contributed by atoms with van der Waals surface area (Å²) >= 11 is 1.40. The van der Waals surface area contributed by atoms with Crippen molar-refractivity contribution < 1.29 is 14.0 Å². The van der Waals surface area contributed by atoms with E-state index in [0.29, 0.717) is 12.1 Å². The van der Waals surface area contributed by atoms with Crippen LogP contribution in [-0.4, -0.2) is 23.3 Å². The molecule has 148 valence electrons. The lowest BCUT2D eigenvalue weighted by Gasteiger charge is -2.20. The first kappa shape index (κ1) is 20.5. The molecule has 0 spiro atoms. The predicted octanol–water partition coefficient (Wildman–Crippen LogP) is 4.47. The molecule has 0 radical (unpaired) electrons. The van der Waals surface area contributed by atoms with E-state index in [-0.39, 0.29) is 24.7 Å². The number of primary amides is 1. The minimum Gasteiger partial charge on any atom is -0.370 e. The molecular formula is C23H21FN2O2S. The lowest BCUT2D eigenvalue weighted by molar-refractivity contribution is -0.127. The average molecular weight is 408 g/mol. The van der Waals surface area contributed by atoms with Crippen molar-refractivity contribution in [3.8, 4) is 10.4 Å². The van der Waals surface area contributed by atoms with Gasteiger partial charge in [0.1, 0.15) is 5.82 Å². The van der Waals surface area contributed by atoms with Gasteiger partial charge in [-0.1, -0.05) is 48.5 Å². The van der Waals surface area contributed by atoms with E-state index in [0.717, 1.165) is 15.3 Å². The highest BCUT2D eigenvalue weighted by Crippen LogP contribution is 2.30. The maximum atomic E-state index is 14.0. The first-order chi connectivity index (χ1) is 14.0. The van der Waals surface area contributed by atoms with E-state index in [9.17, 15) is 14.0 Å². The lowest BCUT2D eigenvalue weighted by atomic mass is 10.2. The Kier molecular flexibility index (Phi) is 6.92. The molecule has 1 aromatic heterocycles. The fourth-order valence-electron chi connectivity index (χ4n) is 2.82. The predicted molar refractivity (Wildman–Crippen MR) is 114 cm³/mol. The number of nitrogens with two attached hydrogens (primary N) is 1. The zero-order chi connectivity index (χ0) is 20.6. The third kappa shape index (κ3) is 5.86. The first-order valence-corrected chi connectivity index (χ1v) is 9.98. The van der Waals surface area contributed by atoms with Crippen LogP contribution < -0.4 is 5.73 Å². The first-order valence-electron chi connectivity index (χ1n) is 9.17. The molecule has 0 saturated carbocycles. The summed E-state index contributed by atoms with van der Waals surface area (Å²) in [6.07, 6.45) is 3.28. The molecule has 3 rings (SSSR count). The Labute approximate surface area is 173 Å². The van der Waals surface area contributed by atoms with Crippen molar-refractivity contribution in [1.82, 2.24) is 4.90 Å². The van der Waals surface area contributed by atoms with Crippen molar-refractivity contribution in [3.63, 3.8) is 0 Å². The van der Waals surface area contributed by atoms with Crippen LogP contribution in [0.1, 0.15) is 16.9 Å². The van der Waals surface area contributed by atoms with Crippen molar-refractivity contribution in [2.45, 2.75) is 13.0 Å². The molecule has 6 heteroatoms. The number of carbonyl (C=O) groups excluding carboxylic acids is 2. The fourth-order valence-corrected chi connectivity index (χ4v) is 3.76. The highest BCUT2D eigenvalue weighted by atomic mass is 32.1. The van der Waals surface area contributed by atoms with E-state index in [1.807, 2.05) is 42.5 Å². The van der Waals surface area contributed by atoms with Crippen LogP contribution in [0.25, 0.3) is 16.5 Å². The van der Waals surface area contributed by atoms with Gasteiger partial charge in [0.05, 0.1) is 0 Å². The topological polar surface area (TPSA) is 63.4 Å². The molecule has 2 aromatic carbocycles. The summed E-state index contributed by atoms with van der Waals surface area (Å²) in [6.45, 7) is 0.639. The normalized spacial score (nSPS) is 10.9. The molecular weight excluding hydrogens is 387 g/mol. The molecule has 0 bridgehead atoms. The summed E-state index contributed by atoms with van der Waals surface area (Å²) in [4.78, 5) is 27.1. The number of rotatable bonds is 8. The van der Waals surface area contributed by atoms with Crippen LogP contribution in [0, 0.1) is 5.82 Å². The Morgan fingerprint density at radius 3 is 2.45 bits per heavy atom. The van der Waals surface area contributed by atoms with Gasteiger partial charge in [-0.3, -0.25) is 9.59 Å². The van der Waals surface area contributed by atoms with Gasteiger partial charge in [0, 0.05) is 40.9 Å². The quantitative estimate of drug-likeness (QED) is 0.559. The maximum absolute atomic E-state index is 14.0. The Morgan fingerprint density at radius 1 is 1.00 bits per heavy atom. The van der Waals surface area contributed by atoms with E-state index in [4.69, 9.17) is 5.73 Å². The maximum Gasteiger partial charge on any atom is 0.246 e. The van der Waals surface area contributed by atoms with Crippen molar-refractivity contribution in [3.05, 3.63) is 89.1 Å². The number of benzene rings is 2. The zero-order valence-corrected chi connectivity index (χ0v) is 16.6. The van der Waals surface area contributed by atoms with Gasteiger partial charge in [-0.2, -0.15) is 0 Å². The Hall–Kier alpha value is -3.25. The van der Waals surface area contributed by atoms with Gasteiger partial charge in [0.25, 0.3) is 0 Å². The summed E-state index contributed by atoms with van der Waals surface area (Å²) < 4.78 is 14.0. The van der Waals surface area contributed by atoms with Crippen LogP contribution >= 0.6 is 11.3 Å². The SMILES string of the molecule is NC(=O)CCN(Cc1ccccc1)C(=O)C=Cc1ccc(-c2ccccc2F)s1. The molecule has 0 atom stereocenters. The Balaban J connectivity index is 1.72. The number of hydrogen-bond acceptors (Lipinski definition) is 3. The molecule has 3 aromatic rings. The third-order valence-corrected chi connectivity index (χ3v) is 5.40. The van der Waals surface area contributed by atoms with E-state index in [2.05, 4.69) is 0 Å². The van der Waals surface area contributed by atoms with Gasteiger partial charge >= 0.3 is 0 Å². The third-order valence-electron chi connectivity index (χ3n) is 4.31. The standard InChI is InChI=1S/C23H21FN2O2S/c24-20-9-5-4-8-19(20)21-12-10-18(29-21)11-13-23(28)26(15-14-22(25)27)16-17-6-2-1-3-7-17/h1-13H,14-16H2,(H2,25,27). The van der Waals surface area contributed by atoms with E-state index in [1.54, 1.807) is 29.2 Å². The van der Waals surface area contributed by atoms with Crippen molar-refractivity contribution >= 4 is 29.2 Å². The largest absolute Gasteiger partial charge is 0.370 e. The monoisotopic (exact) mass is 408 g/mol. The van der Waals surface area contributed by atoms with Crippen LogP contribution in [0.4, 0.5) is 4.39 Å². The molecule has 1 heterocycles. The molecule has 29 heavy (non-hydrogen) atoms. The van der Waals surface area contributed by atoms with E-state index < -0.39 is 5.91 Å². The van der Waals surface area contributed by atoms with Gasteiger partial charge < -0.3 is 10.6 Å². The minimum atomic E-state index is -0.451. The van der Waals surface area contributed by atoms with Crippen molar-refractivity contribution in [2.24, 2.45) is 5.73 Å². The van der Waals surface area contributed by atoms with Crippen LogP contribution in [0.2, 0.25) is 0 Å². The molecule has 0 aliphatic carbocycles. The minimum absolute atomic E-state index is 0.100. The van der Waals surface area contributed by atoms with Gasteiger partial charge in [-0.15, -0.1) is 11.3 Å². The number of hydrogen-bond donors (Lipinski definition) is 1. The van der Waals surface area contributed by atoms with Crippen LogP contribution in [0.15, 0.2) is 72.8 Å². The Morgan fingerprint density at radius 2 is 1.72 bits per heavy atom. The molecule has 4 nitrogen and oxygen atoms in total. The van der Waals surface area contributed by atoms with Crippen LogP contribution in [0.3, 0.4) is 0 Å². The summed E-state index contributed by atoms with van der Waals surface area (Å²) in [5.74, 6) is -0.940. The van der Waals surface area contributed by atoms with Gasteiger partial charge in [0.15, 0.2) is 0 Å². The zero-order valence-electron chi connectivity index (χ0n) is 15.8. The smallest absolute Gasteiger partial charge is 0.246 e. The molecule has 0 aliphatic rings. The van der Waals surface area contributed by atoms with Crippen LogP contribution in [0.5, 0.6) is 0 Å². The van der Waals surface area contributed by atoms with Gasteiger partial charge in [-0.25, -0.2) is 4.39 Å². The molecule has 2 N–H and O–H groups in total. The molecule has 2 amide bonds. The van der Waals surface area contributed by atoms with Crippen molar-refractivity contribution in [1.29, 1.82) is 0 Å². The van der Waals surface area contributed by atoms with Crippen molar-refractivity contribution in [2.75, 3.05) is 6.54 Å². The lowest BCUT2D eigenvalue weighted by Crippen LogP contribution is -2.32. The molecule has 0 fully saturated rings. The molecule has 0 aliphatic heterocycles. The van der Waals surface area contributed by atoms with Gasteiger partial charge in [-0.05, 0) is 29.8 Å². The van der Waals surface area contributed by atoms with Gasteiger partial charge in [0.2, 0.25) is 11.8 Å². The number of amides is 2. The summed E-state index contributed by atoms with van der Waals surface area (Å²) in [7, 11) is 0. The second-order valence-electron chi connectivity index (χ2n) is 6.48. The van der Waals surface area contributed by atoms with E-state index >= 15 is 0 Å². The number of nitrogens with zero attached hydrogens (tertiary/aromatic N) is 1. The Bertz CT molecular complexity index is 1010. The summed E-state index contributed by atoms with van der Waals surface area (Å²) in [6, 6.07) is 19.8. The average Bonchev–Trinajstić information content (AvgIpc) is 3.19. The molecule has 0 saturated heterocycles. The fraction of sp³-hybridized carbons (Fsp3) is 0.130. The summed E-state index contributed by atoms with van der Waals surface area (Å²) in [5.41, 5.74) is 6.75. The van der Waals surface area contributed by atoms with Crippen LogP contribution in [-0.2, 0) is 16.1 Å². The summed E-state index contributed by atoms with van der Waals surface area (Å²) in [5, 5.41) is 0.